The third-order valence-corrected chi connectivity index (χ3v) is 1.78. The number of hydrogen-bond acceptors (Lipinski definition) is 4. The van der Waals surface area contributed by atoms with Crippen molar-refractivity contribution in [3.05, 3.63) is 0 Å². The highest BCUT2D eigenvalue weighted by molar-refractivity contribution is 5.82. The molecule has 0 aromatic carbocycles. The van der Waals surface area contributed by atoms with Gasteiger partial charge in [0.25, 0.3) is 0 Å². The van der Waals surface area contributed by atoms with Gasteiger partial charge in [-0.1, -0.05) is 0 Å². The average molecular weight is 187 g/mol. The van der Waals surface area contributed by atoms with Gasteiger partial charge in [-0.15, -0.1) is 0 Å². The third kappa shape index (κ3) is 5.36. The van der Waals surface area contributed by atoms with Crippen molar-refractivity contribution in [2.24, 2.45) is 0 Å². The molecule has 0 amide bonds. The number of nitrogens with one attached hydrogen (secondary N) is 1. The molecule has 0 fully saturated rings. The van der Waals surface area contributed by atoms with Crippen molar-refractivity contribution in [3.63, 3.8) is 0 Å². The van der Waals surface area contributed by atoms with Crippen molar-refractivity contribution >= 4 is 11.8 Å². The first-order chi connectivity index (χ1) is 6.11. The largest absolute Gasteiger partial charge is 0.466 e. The molecule has 1 unspecified atom stereocenters. The van der Waals surface area contributed by atoms with E-state index in [1.165, 1.54) is 6.92 Å². The molecule has 0 aliphatic carbocycles. The quantitative estimate of drug-likeness (QED) is 0.615. The minimum atomic E-state index is -0.246. The monoisotopic (exact) mass is 187 g/mol. The predicted molar refractivity (Wildman–Crippen MR) is 49.4 cm³/mol. The summed E-state index contributed by atoms with van der Waals surface area (Å²) in [4.78, 5) is 21.9. The van der Waals surface area contributed by atoms with Crippen LogP contribution < -0.4 is 5.32 Å². The van der Waals surface area contributed by atoms with E-state index in [0.717, 1.165) is 0 Å². The molecule has 0 aliphatic heterocycles. The molecule has 1 atom stereocenters. The first-order valence-corrected chi connectivity index (χ1v) is 4.45. The molecule has 0 bridgehead atoms. The van der Waals surface area contributed by atoms with Crippen molar-refractivity contribution in [2.45, 2.75) is 32.7 Å². The van der Waals surface area contributed by atoms with Crippen molar-refractivity contribution < 1.29 is 14.3 Å². The van der Waals surface area contributed by atoms with E-state index in [0.29, 0.717) is 19.4 Å². The zero-order chi connectivity index (χ0) is 10.3. The maximum atomic E-state index is 10.9. The van der Waals surface area contributed by atoms with Crippen LogP contribution in [0.4, 0.5) is 0 Å². The first kappa shape index (κ1) is 12.1. The highest BCUT2D eigenvalue weighted by atomic mass is 16.5. The Morgan fingerprint density at radius 2 is 2.08 bits per heavy atom. The number of carbonyl (C=O) groups excluding carboxylic acids is 2. The van der Waals surface area contributed by atoms with Crippen LogP contribution in [-0.2, 0) is 14.3 Å². The smallest absolute Gasteiger partial charge is 0.305 e. The van der Waals surface area contributed by atoms with Crippen LogP contribution in [0.1, 0.15) is 26.7 Å². The number of esters is 1. The van der Waals surface area contributed by atoms with Gasteiger partial charge in [0.15, 0.2) is 0 Å². The van der Waals surface area contributed by atoms with Gasteiger partial charge in [-0.25, -0.2) is 0 Å². The Bertz CT molecular complexity index is 180. The van der Waals surface area contributed by atoms with Crippen molar-refractivity contribution in [1.82, 2.24) is 5.32 Å². The maximum Gasteiger partial charge on any atom is 0.305 e. The minimum Gasteiger partial charge on any atom is -0.466 e. The molecule has 0 aliphatic rings. The number of carbonyl (C=O) groups is 2. The molecule has 4 nitrogen and oxygen atoms in total. The van der Waals surface area contributed by atoms with Gasteiger partial charge in [0.05, 0.1) is 12.6 Å². The van der Waals surface area contributed by atoms with Crippen LogP contribution in [-0.4, -0.2) is 31.4 Å². The number of Topliss-reactive ketones (excluding diaryl/α,β-unsaturated/α-hetero) is 1. The standard InChI is InChI=1S/C9H17NO3/c1-4-13-9(12)6-5-8(10-3)7(2)11/h8,10H,4-6H2,1-3H3. The van der Waals surface area contributed by atoms with Crippen LogP contribution in [0.3, 0.4) is 0 Å². The molecule has 0 saturated heterocycles. The normalized spacial score (nSPS) is 12.2. The lowest BCUT2D eigenvalue weighted by molar-refractivity contribution is -0.143. The fraction of sp³-hybridized carbons (Fsp3) is 0.778. The van der Waals surface area contributed by atoms with E-state index in [9.17, 15) is 9.59 Å². The highest BCUT2D eigenvalue weighted by Crippen LogP contribution is 1.99. The Morgan fingerprint density at radius 1 is 1.46 bits per heavy atom. The molecular formula is C9H17NO3. The summed E-state index contributed by atoms with van der Waals surface area (Å²) in [6.07, 6.45) is 0.795. The Kier molecular flexibility index (Phi) is 6.14. The number of ether oxygens (including phenoxy) is 1. The van der Waals surface area contributed by atoms with E-state index in [4.69, 9.17) is 4.74 Å². The first-order valence-electron chi connectivity index (χ1n) is 4.45. The van der Waals surface area contributed by atoms with E-state index in [1.807, 2.05) is 0 Å². The van der Waals surface area contributed by atoms with Gasteiger partial charge in [0.2, 0.25) is 0 Å². The molecule has 4 heteroatoms. The molecule has 0 aromatic rings. The Hall–Kier alpha value is -0.900. The van der Waals surface area contributed by atoms with Gasteiger partial charge in [-0.3, -0.25) is 9.59 Å². The highest BCUT2D eigenvalue weighted by Gasteiger charge is 2.13. The van der Waals surface area contributed by atoms with Gasteiger partial charge >= 0.3 is 5.97 Å². The lowest BCUT2D eigenvalue weighted by Gasteiger charge is -2.11. The topological polar surface area (TPSA) is 55.4 Å². The zero-order valence-corrected chi connectivity index (χ0v) is 8.42. The Balaban J connectivity index is 3.72. The Labute approximate surface area is 78.6 Å². The van der Waals surface area contributed by atoms with Crippen LogP contribution in [0.2, 0.25) is 0 Å². The SMILES string of the molecule is CCOC(=O)CCC(NC)C(C)=O. The van der Waals surface area contributed by atoms with Gasteiger partial charge in [0, 0.05) is 6.42 Å². The van der Waals surface area contributed by atoms with Crippen LogP contribution in [0.25, 0.3) is 0 Å². The molecular weight excluding hydrogens is 170 g/mol. The van der Waals surface area contributed by atoms with E-state index < -0.39 is 0 Å². The van der Waals surface area contributed by atoms with Gasteiger partial charge in [-0.05, 0) is 27.3 Å². The summed E-state index contributed by atoms with van der Waals surface area (Å²) in [5, 5.41) is 2.84. The lowest BCUT2D eigenvalue weighted by atomic mass is 10.1. The number of hydrogen-bond donors (Lipinski definition) is 1. The number of ketones is 1. The number of likely N-dealkylation sites (N-methyl/N-ethyl adjacent to an activating group) is 1. The summed E-state index contributed by atoms with van der Waals surface area (Å²) in [5.74, 6) is -0.198. The Morgan fingerprint density at radius 3 is 2.46 bits per heavy atom. The molecule has 1 N–H and O–H groups in total. The second-order valence-corrected chi connectivity index (χ2v) is 2.80. The van der Waals surface area contributed by atoms with Gasteiger partial charge < -0.3 is 10.1 Å². The lowest BCUT2D eigenvalue weighted by Crippen LogP contribution is -2.32. The predicted octanol–water partition coefficient (Wildman–Crippen LogP) is 0.507. The van der Waals surface area contributed by atoms with Crippen LogP contribution in [0.5, 0.6) is 0 Å². The molecule has 0 spiro atoms. The van der Waals surface area contributed by atoms with Gasteiger partial charge in [-0.2, -0.15) is 0 Å². The second kappa shape index (κ2) is 6.60. The zero-order valence-electron chi connectivity index (χ0n) is 8.42. The average Bonchev–Trinajstić information content (AvgIpc) is 2.05. The molecule has 0 aromatic heterocycles. The van der Waals surface area contributed by atoms with E-state index >= 15 is 0 Å². The summed E-state index contributed by atoms with van der Waals surface area (Å²) in [6.45, 7) is 3.66. The minimum absolute atomic E-state index is 0.0480. The second-order valence-electron chi connectivity index (χ2n) is 2.80. The molecule has 0 radical (unpaired) electrons. The fourth-order valence-corrected chi connectivity index (χ4v) is 1.05. The van der Waals surface area contributed by atoms with E-state index in [1.54, 1.807) is 14.0 Å². The van der Waals surface area contributed by atoms with Gasteiger partial charge in [0.1, 0.15) is 5.78 Å². The molecule has 13 heavy (non-hydrogen) atoms. The molecule has 0 heterocycles. The van der Waals surface area contributed by atoms with Crippen molar-refractivity contribution in [2.75, 3.05) is 13.7 Å². The molecule has 0 saturated carbocycles. The summed E-state index contributed by atoms with van der Waals surface area (Å²) in [6, 6.07) is -0.232. The maximum absolute atomic E-state index is 10.9. The van der Waals surface area contributed by atoms with E-state index in [2.05, 4.69) is 5.32 Å². The van der Waals surface area contributed by atoms with E-state index in [-0.39, 0.29) is 17.8 Å². The molecule has 0 rings (SSSR count). The van der Waals surface area contributed by atoms with Crippen molar-refractivity contribution in [1.29, 1.82) is 0 Å². The summed E-state index contributed by atoms with van der Waals surface area (Å²) in [7, 11) is 1.71. The number of rotatable bonds is 6. The summed E-state index contributed by atoms with van der Waals surface area (Å²) in [5.41, 5.74) is 0. The third-order valence-electron chi connectivity index (χ3n) is 1.78. The fourth-order valence-electron chi connectivity index (χ4n) is 1.05. The molecule has 76 valence electrons. The summed E-state index contributed by atoms with van der Waals surface area (Å²) < 4.78 is 4.74. The van der Waals surface area contributed by atoms with Crippen LogP contribution in [0, 0.1) is 0 Å². The summed E-state index contributed by atoms with van der Waals surface area (Å²) >= 11 is 0. The van der Waals surface area contributed by atoms with Crippen LogP contribution >= 0.6 is 0 Å². The van der Waals surface area contributed by atoms with Crippen molar-refractivity contribution in [3.8, 4) is 0 Å². The van der Waals surface area contributed by atoms with Crippen LogP contribution in [0.15, 0.2) is 0 Å².